The van der Waals surface area contributed by atoms with Crippen LogP contribution in [0, 0.1) is 11.8 Å². The monoisotopic (exact) mass is 451 g/mol. The largest absolute Gasteiger partial charge is 0.282 e. The fourth-order valence-electron chi connectivity index (χ4n) is 5.83. The van der Waals surface area contributed by atoms with Gasteiger partial charge in [0.25, 0.3) is 0 Å². The Bertz CT molecular complexity index is 937. The zero-order chi connectivity index (χ0) is 20.2. The van der Waals surface area contributed by atoms with Crippen LogP contribution in [0.4, 0.5) is 0 Å². The van der Waals surface area contributed by atoms with Crippen LogP contribution < -0.4 is 0 Å². The van der Waals surface area contributed by atoms with Crippen molar-refractivity contribution in [3.05, 3.63) is 70.8 Å². The molecule has 1 aliphatic heterocycles. The molecule has 1 saturated heterocycles. The Labute approximate surface area is 180 Å². The van der Waals surface area contributed by atoms with Crippen molar-refractivity contribution in [3.63, 3.8) is 0 Å². The zero-order valence-electron chi connectivity index (χ0n) is 16.7. The van der Waals surface area contributed by atoms with Gasteiger partial charge in [-0.1, -0.05) is 97.1 Å². The maximum atomic E-state index is 13.6. The molecule has 29 heavy (non-hydrogen) atoms. The summed E-state index contributed by atoms with van der Waals surface area (Å²) in [5, 5.41) is 0. The van der Waals surface area contributed by atoms with Crippen molar-refractivity contribution in [2.45, 2.75) is 49.3 Å². The molecule has 1 fully saturated rings. The minimum atomic E-state index is -0.622. The average molecular weight is 452 g/mol. The fourth-order valence-corrected chi connectivity index (χ4v) is 7.04. The van der Waals surface area contributed by atoms with Crippen molar-refractivity contribution in [3.8, 4) is 0 Å². The first-order chi connectivity index (χ1) is 14.1. The lowest BCUT2D eigenvalue weighted by Gasteiger charge is -2.51. The van der Waals surface area contributed by atoms with Gasteiger partial charge in [0.1, 0.15) is 0 Å². The third-order valence-electron chi connectivity index (χ3n) is 7.09. The number of likely N-dealkylation sites (tertiary alicyclic amines) is 1. The molecule has 2 atom stereocenters. The lowest BCUT2D eigenvalue weighted by Crippen LogP contribution is -2.50. The van der Waals surface area contributed by atoms with Crippen LogP contribution in [-0.2, 0) is 13.9 Å². The standard InChI is InChI=1S/C25H26BrNO2/c1-2-3-4-5-10-15-27-23(28)21-20-16-11-6-8-13-18(16)25(26,22(21)24(27)29)19-14-9-7-12-17(19)20/h6-9,11-14,20-22H,2-5,10,15H2,1H3. The van der Waals surface area contributed by atoms with Crippen LogP contribution in [0.2, 0.25) is 0 Å². The summed E-state index contributed by atoms with van der Waals surface area (Å²) in [6.45, 7) is 2.75. The van der Waals surface area contributed by atoms with Crippen LogP contribution in [-0.4, -0.2) is 23.3 Å². The summed E-state index contributed by atoms with van der Waals surface area (Å²) in [6, 6.07) is 16.7. The molecular weight excluding hydrogens is 426 g/mol. The molecule has 6 rings (SSSR count). The van der Waals surface area contributed by atoms with E-state index in [2.05, 4.69) is 47.1 Å². The van der Waals surface area contributed by atoms with Gasteiger partial charge in [-0.2, -0.15) is 0 Å². The van der Waals surface area contributed by atoms with Crippen molar-refractivity contribution in [1.82, 2.24) is 4.90 Å². The Kier molecular flexibility index (Phi) is 4.65. The molecule has 150 valence electrons. The van der Waals surface area contributed by atoms with E-state index in [9.17, 15) is 9.59 Å². The first-order valence-electron chi connectivity index (χ1n) is 10.8. The van der Waals surface area contributed by atoms with Crippen molar-refractivity contribution >= 4 is 27.7 Å². The van der Waals surface area contributed by atoms with Gasteiger partial charge in [0.15, 0.2) is 0 Å². The lowest BCUT2D eigenvalue weighted by atomic mass is 9.55. The van der Waals surface area contributed by atoms with E-state index in [1.807, 2.05) is 24.3 Å². The second kappa shape index (κ2) is 7.09. The summed E-state index contributed by atoms with van der Waals surface area (Å²) in [7, 11) is 0. The van der Waals surface area contributed by atoms with E-state index in [4.69, 9.17) is 0 Å². The molecule has 0 radical (unpaired) electrons. The molecule has 0 saturated carbocycles. The third kappa shape index (κ3) is 2.54. The molecule has 0 N–H and O–H groups in total. The topological polar surface area (TPSA) is 37.4 Å². The quantitative estimate of drug-likeness (QED) is 0.336. The van der Waals surface area contributed by atoms with E-state index in [-0.39, 0.29) is 29.6 Å². The Balaban J connectivity index is 1.55. The highest BCUT2D eigenvalue weighted by molar-refractivity contribution is 9.09. The highest BCUT2D eigenvalue weighted by atomic mass is 79.9. The van der Waals surface area contributed by atoms with Crippen LogP contribution in [0.3, 0.4) is 0 Å². The predicted molar refractivity (Wildman–Crippen MR) is 117 cm³/mol. The van der Waals surface area contributed by atoms with E-state index in [1.165, 1.54) is 30.4 Å². The molecule has 3 nitrogen and oxygen atoms in total. The first kappa shape index (κ1) is 19.0. The van der Waals surface area contributed by atoms with E-state index < -0.39 is 4.32 Å². The Hall–Kier alpha value is -1.94. The number of unbranched alkanes of at least 4 members (excludes halogenated alkanes) is 4. The molecule has 4 heteroatoms. The molecular formula is C25H26BrNO2. The van der Waals surface area contributed by atoms with Gasteiger partial charge in [-0.15, -0.1) is 0 Å². The number of nitrogens with zero attached hydrogens (tertiary/aromatic N) is 1. The fraction of sp³-hybridized carbons (Fsp3) is 0.440. The number of alkyl halides is 1. The summed E-state index contributed by atoms with van der Waals surface area (Å²) >= 11 is 4.04. The average Bonchev–Trinajstić information content (AvgIpc) is 3.00. The molecule has 0 aromatic heterocycles. The summed E-state index contributed by atoms with van der Waals surface area (Å²) < 4.78 is -0.622. The number of benzene rings is 2. The number of rotatable bonds is 6. The van der Waals surface area contributed by atoms with Gasteiger partial charge >= 0.3 is 0 Å². The number of amides is 2. The predicted octanol–water partition coefficient (Wildman–Crippen LogP) is 5.36. The van der Waals surface area contributed by atoms with E-state index in [0.717, 1.165) is 24.0 Å². The SMILES string of the molecule is CCCCCCCN1C(=O)C2C3c4ccccc4C(Br)(c4ccccc43)C2C1=O. The molecule has 2 unspecified atom stereocenters. The van der Waals surface area contributed by atoms with Crippen molar-refractivity contribution in [2.75, 3.05) is 6.54 Å². The molecule has 2 aromatic carbocycles. The summed E-state index contributed by atoms with van der Waals surface area (Å²) in [6.07, 6.45) is 5.54. The van der Waals surface area contributed by atoms with Gasteiger partial charge < -0.3 is 0 Å². The second-order valence-electron chi connectivity index (χ2n) is 8.61. The number of carbonyl (C=O) groups is 2. The van der Waals surface area contributed by atoms with Crippen LogP contribution in [0.25, 0.3) is 0 Å². The molecule has 0 spiro atoms. The lowest BCUT2D eigenvalue weighted by molar-refractivity contribution is -0.140. The van der Waals surface area contributed by atoms with Crippen LogP contribution in [0.15, 0.2) is 48.5 Å². The molecule has 2 bridgehead atoms. The highest BCUT2D eigenvalue weighted by Gasteiger charge is 2.67. The number of carbonyl (C=O) groups excluding carboxylic acids is 2. The Morgan fingerprint density at radius 1 is 0.862 bits per heavy atom. The number of hydrogen-bond donors (Lipinski definition) is 0. The van der Waals surface area contributed by atoms with E-state index in [0.29, 0.717) is 6.54 Å². The number of imide groups is 1. The molecule has 2 aromatic rings. The summed E-state index contributed by atoms with van der Waals surface area (Å²) in [5.41, 5.74) is 4.68. The van der Waals surface area contributed by atoms with Gasteiger partial charge in [0, 0.05) is 12.5 Å². The van der Waals surface area contributed by atoms with Crippen molar-refractivity contribution in [2.24, 2.45) is 11.8 Å². The molecule has 2 amide bonds. The molecule has 4 aliphatic rings. The van der Waals surface area contributed by atoms with Crippen molar-refractivity contribution in [1.29, 1.82) is 0 Å². The molecule has 1 heterocycles. The van der Waals surface area contributed by atoms with Gasteiger partial charge in [-0.25, -0.2) is 0 Å². The van der Waals surface area contributed by atoms with Crippen LogP contribution in [0.5, 0.6) is 0 Å². The minimum Gasteiger partial charge on any atom is -0.282 e. The first-order valence-corrected chi connectivity index (χ1v) is 11.6. The normalized spacial score (nSPS) is 29.0. The third-order valence-corrected chi connectivity index (χ3v) is 8.44. The van der Waals surface area contributed by atoms with Gasteiger partial charge in [0.2, 0.25) is 11.8 Å². The smallest absolute Gasteiger partial charge is 0.235 e. The maximum Gasteiger partial charge on any atom is 0.235 e. The van der Waals surface area contributed by atoms with E-state index in [1.54, 1.807) is 4.90 Å². The van der Waals surface area contributed by atoms with Crippen LogP contribution in [0.1, 0.15) is 67.2 Å². The van der Waals surface area contributed by atoms with Crippen LogP contribution >= 0.6 is 15.9 Å². The van der Waals surface area contributed by atoms with Gasteiger partial charge in [0.05, 0.1) is 16.2 Å². The second-order valence-corrected chi connectivity index (χ2v) is 9.86. The van der Waals surface area contributed by atoms with E-state index >= 15 is 0 Å². The number of hydrogen-bond acceptors (Lipinski definition) is 2. The Morgan fingerprint density at radius 3 is 2.07 bits per heavy atom. The number of halogens is 1. The summed E-state index contributed by atoms with van der Waals surface area (Å²) in [4.78, 5) is 28.6. The maximum absolute atomic E-state index is 13.6. The molecule has 3 aliphatic carbocycles. The highest BCUT2D eigenvalue weighted by Crippen LogP contribution is 2.66. The zero-order valence-corrected chi connectivity index (χ0v) is 18.3. The Morgan fingerprint density at radius 2 is 1.45 bits per heavy atom. The van der Waals surface area contributed by atoms with Crippen molar-refractivity contribution < 1.29 is 9.59 Å². The van der Waals surface area contributed by atoms with Gasteiger partial charge in [-0.05, 0) is 28.7 Å². The minimum absolute atomic E-state index is 0.00127. The summed E-state index contributed by atoms with van der Waals surface area (Å²) in [5.74, 6) is -0.675. The van der Waals surface area contributed by atoms with Gasteiger partial charge in [-0.3, -0.25) is 14.5 Å².